The molecule has 1 aliphatic rings. The summed E-state index contributed by atoms with van der Waals surface area (Å²) in [5, 5.41) is 0. The molecule has 93 valence electrons. The normalized spacial score (nSPS) is 25.0. The summed E-state index contributed by atoms with van der Waals surface area (Å²) in [5.74, 6) is 0. The van der Waals surface area contributed by atoms with E-state index in [-0.39, 0.29) is 0 Å². The largest absolute Gasteiger partial charge is 0.0885 e. The molecule has 1 rings (SSSR count). The van der Waals surface area contributed by atoms with Gasteiger partial charge in [0, 0.05) is 0 Å². The Hall–Kier alpha value is -0.260. The summed E-state index contributed by atoms with van der Waals surface area (Å²) in [5.41, 5.74) is 0. The number of hydrogen-bond donors (Lipinski definition) is 0. The molecule has 16 heavy (non-hydrogen) atoms. The highest BCUT2D eigenvalue weighted by Gasteiger charge is 1.94. The van der Waals surface area contributed by atoms with E-state index in [1.165, 1.54) is 83.5 Å². The molecule has 0 bridgehead atoms. The Morgan fingerprint density at radius 2 is 0.812 bits per heavy atom. The fraction of sp³-hybridized carbons (Fsp3) is 0.812. The van der Waals surface area contributed by atoms with Crippen LogP contribution in [0.2, 0.25) is 0 Å². The van der Waals surface area contributed by atoms with E-state index in [4.69, 9.17) is 0 Å². The molecule has 0 heteroatoms. The summed E-state index contributed by atoms with van der Waals surface area (Å²) in [6.07, 6.45) is 25.5. The third kappa shape index (κ3) is 9.00. The molecule has 0 spiro atoms. The predicted molar refractivity (Wildman–Crippen MR) is 73.5 cm³/mol. The standard InChI is InChI=1S/C16H29/c1-2-4-6-8-10-12-14-16-15-13-11-9-7-5-3-1/h1-2,9H,3-8,10-16H2/b2-1+. The minimum atomic E-state index is 1.29. The van der Waals surface area contributed by atoms with Gasteiger partial charge in [0.2, 0.25) is 0 Å². The molecule has 0 aromatic rings. The highest BCUT2D eigenvalue weighted by molar-refractivity contribution is 4.82. The van der Waals surface area contributed by atoms with Crippen molar-refractivity contribution in [1.82, 2.24) is 0 Å². The summed E-state index contributed by atoms with van der Waals surface area (Å²) in [6.45, 7) is 0. The zero-order valence-electron chi connectivity index (χ0n) is 10.9. The van der Waals surface area contributed by atoms with E-state index in [1.807, 2.05) is 0 Å². The molecular formula is C16H29. The lowest BCUT2D eigenvalue weighted by Crippen LogP contribution is -1.84. The topological polar surface area (TPSA) is 0 Å². The Balaban J connectivity index is 2.07. The van der Waals surface area contributed by atoms with Crippen molar-refractivity contribution in [2.24, 2.45) is 0 Å². The Bertz CT molecular complexity index is 139. The van der Waals surface area contributed by atoms with Gasteiger partial charge in [-0.05, 0) is 38.5 Å². The summed E-state index contributed by atoms with van der Waals surface area (Å²) in [7, 11) is 0. The fourth-order valence-electron chi connectivity index (χ4n) is 2.37. The van der Waals surface area contributed by atoms with Crippen molar-refractivity contribution in [3.8, 4) is 0 Å². The Morgan fingerprint density at radius 3 is 1.50 bits per heavy atom. The lowest BCUT2D eigenvalue weighted by atomic mass is 10.0. The monoisotopic (exact) mass is 221 g/mol. The lowest BCUT2D eigenvalue weighted by molar-refractivity contribution is 0.564. The van der Waals surface area contributed by atoms with Crippen LogP contribution in [-0.2, 0) is 0 Å². The van der Waals surface area contributed by atoms with Crippen LogP contribution in [0.15, 0.2) is 12.2 Å². The van der Waals surface area contributed by atoms with Crippen molar-refractivity contribution in [1.29, 1.82) is 0 Å². The highest BCUT2D eigenvalue weighted by atomic mass is 14.0. The van der Waals surface area contributed by atoms with Gasteiger partial charge in [0.05, 0.1) is 0 Å². The van der Waals surface area contributed by atoms with Crippen LogP contribution < -0.4 is 0 Å². The minimum absolute atomic E-state index is 1.29. The quantitative estimate of drug-likeness (QED) is 0.451. The fourth-order valence-corrected chi connectivity index (χ4v) is 2.37. The van der Waals surface area contributed by atoms with Crippen molar-refractivity contribution >= 4 is 0 Å². The van der Waals surface area contributed by atoms with Gasteiger partial charge in [-0.1, -0.05) is 63.5 Å². The molecule has 0 aromatic carbocycles. The first kappa shape index (κ1) is 13.8. The third-order valence-electron chi connectivity index (χ3n) is 3.47. The molecule has 1 aliphatic carbocycles. The molecule has 0 saturated heterocycles. The van der Waals surface area contributed by atoms with Crippen LogP contribution in [0.25, 0.3) is 0 Å². The van der Waals surface area contributed by atoms with Gasteiger partial charge < -0.3 is 0 Å². The van der Waals surface area contributed by atoms with Gasteiger partial charge in [-0.25, -0.2) is 0 Å². The molecule has 0 nitrogen and oxygen atoms in total. The number of hydrogen-bond acceptors (Lipinski definition) is 0. The number of rotatable bonds is 0. The number of allylic oxidation sites excluding steroid dienone is 2. The average molecular weight is 221 g/mol. The minimum Gasteiger partial charge on any atom is -0.0885 e. The molecule has 0 fully saturated rings. The van der Waals surface area contributed by atoms with Gasteiger partial charge in [-0.15, -0.1) is 0 Å². The van der Waals surface area contributed by atoms with E-state index in [0.717, 1.165) is 0 Å². The second kappa shape index (κ2) is 11.2. The first-order valence-electron chi connectivity index (χ1n) is 7.47. The van der Waals surface area contributed by atoms with Crippen LogP contribution in [0.1, 0.15) is 83.5 Å². The molecule has 0 unspecified atom stereocenters. The molecule has 0 N–H and O–H groups in total. The van der Waals surface area contributed by atoms with E-state index >= 15 is 0 Å². The van der Waals surface area contributed by atoms with E-state index < -0.39 is 0 Å². The summed E-state index contributed by atoms with van der Waals surface area (Å²) < 4.78 is 0. The van der Waals surface area contributed by atoms with Crippen LogP contribution >= 0.6 is 0 Å². The van der Waals surface area contributed by atoms with Gasteiger partial charge in [0.25, 0.3) is 0 Å². The third-order valence-corrected chi connectivity index (χ3v) is 3.47. The molecule has 0 heterocycles. The van der Waals surface area contributed by atoms with Crippen molar-refractivity contribution in [2.75, 3.05) is 0 Å². The van der Waals surface area contributed by atoms with E-state index in [2.05, 4.69) is 18.6 Å². The SMILES string of the molecule is [CH]1CCC/C=C/CCCCCCCCCC1. The Morgan fingerprint density at radius 1 is 0.375 bits per heavy atom. The zero-order valence-corrected chi connectivity index (χ0v) is 10.9. The van der Waals surface area contributed by atoms with Gasteiger partial charge in [0.15, 0.2) is 0 Å². The van der Waals surface area contributed by atoms with Gasteiger partial charge >= 0.3 is 0 Å². The summed E-state index contributed by atoms with van der Waals surface area (Å²) >= 11 is 0. The maximum absolute atomic E-state index is 2.50. The zero-order chi connectivity index (χ0) is 11.3. The second-order valence-electron chi connectivity index (χ2n) is 5.10. The van der Waals surface area contributed by atoms with Gasteiger partial charge in [-0.2, -0.15) is 0 Å². The first-order chi connectivity index (χ1) is 8.00. The van der Waals surface area contributed by atoms with Crippen molar-refractivity contribution < 1.29 is 0 Å². The molecule has 0 aromatic heterocycles. The van der Waals surface area contributed by atoms with E-state index in [1.54, 1.807) is 0 Å². The molecule has 0 atom stereocenters. The van der Waals surface area contributed by atoms with Crippen LogP contribution in [0.4, 0.5) is 0 Å². The molecule has 1 radical (unpaired) electrons. The van der Waals surface area contributed by atoms with Crippen LogP contribution in [0.5, 0.6) is 0 Å². The Kier molecular flexibility index (Phi) is 9.69. The second-order valence-corrected chi connectivity index (χ2v) is 5.10. The molecule has 0 aliphatic heterocycles. The van der Waals surface area contributed by atoms with Crippen LogP contribution in [0, 0.1) is 6.42 Å². The van der Waals surface area contributed by atoms with Gasteiger partial charge in [-0.3, -0.25) is 0 Å². The molecular weight excluding hydrogens is 192 g/mol. The van der Waals surface area contributed by atoms with E-state index in [9.17, 15) is 0 Å². The lowest BCUT2D eigenvalue weighted by Gasteiger charge is -2.03. The predicted octanol–water partition coefficient (Wildman–Crippen LogP) is 5.83. The van der Waals surface area contributed by atoms with Crippen molar-refractivity contribution in [3.63, 3.8) is 0 Å². The summed E-state index contributed by atoms with van der Waals surface area (Å²) in [6, 6.07) is 0. The Labute approximate surface area is 103 Å². The van der Waals surface area contributed by atoms with Gasteiger partial charge in [0.1, 0.15) is 0 Å². The highest BCUT2D eigenvalue weighted by Crippen LogP contribution is 2.13. The first-order valence-corrected chi connectivity index (χ1v) is 7.47. The molecule has 0 saturated carbocycles. The maximum Gasteiger partial charge on any atom is -0.0351 e. The molecule has 0 amide bonds. The van der Waals surface area contributed by atoms with Crippen molar-refractivity contribution in [2.45, 2.75) is 83.5 Å². The summed E-state index contributed by atoms with van der Waals surface area (Å²) in [4.78, 5) is 0. The smallest absolute Gasteiger partial charge is 0.0351 e. The average Bonchev–Trinajstić information content (AvgIpc) is 2.29. The maximum atomic E-state index is 2.50. The van der Waals surface area contributed by atoms with Crippen molar-refractivity contribution in [3.05, 3.63) is 18.6 Å². The van der Waals surface area contributed by atoms with Crippen LogP contribution in [0.3, 0.4) is 0 Å². The van der Waals surface area contributed by atoms with Crippen LogP contribution in [-0.4, -0.2) is 0 Å². The van der Waals surface area contributed by atoms with E-state index in [0.29, 0.717) is 0 Å².